The van der Waals surface area contributed by atoms with E-state index in [1.165, 1.54) is 0 Å². The fraction of sp³-hybridized carbons (Fsp3) is 0.250. The molecule has 0 saturated heterocycles. The summed E-state index contributed by atoms with van der Waals surface area (Å²) in [6.45, 7) is 0. The molecule has 0 aliphatic carbocycles. The van der Waals surface area contributed by atoms with Gasteiger partial charge < -0.3 is 5.73 Å². The van der Waals surface area contributed by atoms with Crippen molar-refractivity contribution in [2.24, 2.45) is 5.73 Å². The van der Waals surface area contributed by atoms with Crippen LogP contribution >= 0.6 is 31.9 Å². The molecule has 0 unspecified atom stereocenters. The van der Waals surface area contributed by atoms with Gasteiger partial charge in [0, 0.05) is 8.95 Å². The molecule has 0 heterocycles. The zero-order chi connectivity index (χ0) is 10.0. The monoisotopic (exact) mass is 313 g/mol. The average Bonchev–Trinajstić information content (AvgIpc) is 2.01. The topological polar surface area (TPSA) is 26.0 Å². The summed E-state index contributed by atoms with van der Waals surface area (Å²) < 4.78 is 25.9. The highest BCUT2D eigenvalue weighted by atomic mass is 79.9. The van der Waals surface area contributed by atoms with Crippen molar-refractivity contribution in [3.63, 3.8) is 0 Å². The number of rotatable bonds is 2. The second-order valence-electron chi connectivity index (χ2n) is 2.56. The third-order valence-corrected chi connectivity index (χ3v) is 2.46. The summed E-state index contributed by atoms with van der Waals surface area (Å²) in [5.74, 6) is 0. The minimum Gasteiger partial charge on any atom is -0.319 e. The lowest BCUT2D eigenvalue weighted by atomic mass is 10.1. The Bertz CT molecular complexity index is 284. The first-order chi connectivity index (χ1) is 6.00. The highest BCUT2D eigenvalue weighted by molar-refractivity contribution is 9.11. The van der Waals surface area contributed by atoms with Gasteiger partial charge in [0.25, 0.3) is 6.43 Å². The van der Waals surface area contributed by atoms with Crippen LogP contribution in [0.15, 0.2) is 27.1 Å². The molecule has 1 nitrogen and oxygen atoms in total. The van der Waals surface area contributed by atoms with E-state index in [1.807, 2.05) is 0 Å². The summed E-state index contributed by atoms with van der Waals surface area (Å²) in [4.78, 5) is 0. The number of alkyl halides is 2. The van der Waals surface area contributed by atoms with Crippen molar-refractivity contribution in [3.8, 4) is 0 Å². The lowest BCUT2D eigenvalue weighted by Crippen LogP contribution is -2.18. The molecule has 1 atom stereocenters. The molecule has 0 fully saturated rings. The minimum absolute atomic E-state index is 0.413. The Morgan fingerprint density at radius 3 is 1.92 bits per heavy atom. The first-order valence-corrected chi connectivity index (χ1v) is 5.09. The zero-order valence-corrected chi connectivity index (χ0v) is 9.65. The zero-order valence-electron chi connectivity index (χ0n) is 6.48. The van der Waals surface area contributed by atoms with Gasteiger partial charge in [-0.15, -0.1) is 0 Å². The Morgan fingerprint density at radius 1 is 1.08 bits per heavy atom. The summed E-state index contributed by atoms with van der Waals surface area (Å²) in [7, 11) is 0. The van der Waals surface area contributed by atoms with E-state index in [1.54, 1.807) is 18.2 Å². The largest absolute Gasteiger partial charge is 0.319 e. The Labute approximate surface area is 91.6 Å². The van der Waals surface area contributed by atoms with Crippen LogP contribution in [-0.4, -0.2) is 6.43 Å². The maximum atomic E-state index is 12.2. The number of nitrogens with two attached hydrogens (primary N) is 1. The molecule has 0 radical (unpaired) electrons. The molecule has 0 bridgehead atoms. The second kappa shape index (κ2) is 4.48. The van der Waals surface area contributed by atoms with E-state index in [0.29, 0.717) is 5.56 Å². The predicted octanol–water partition coefficient (Wildman–Crippen LogP) is 3.48. The number of benzene rings is 1. The molecule has 1 aromatic carbocycles. The number of hydrogen-bond acceptors (Lipinski definition) is 1. The molecule has 0 aromatic heterocycles. The molecular weight excluding hydrogens is 308 g/mol. The van der Waals surface area contributed by atoms with Crippen LogP contribution in [0.25, 0.3) is 0 Å². The molecule has 13 heavy (non-hydrogen) atoms. The maximum Gasteiger partial charge on any atom is 0.257 e. The SMILES string of the molecule is N[C@H](c1cc(Br)cc(Br)c1)C(F)F. The maximum absolute atomic E-state index is 12.2. The summed E-state index contributed by atoms with van der Waals surface area (Å²) in [5, 5.41) is 0. The molecule has 72 valence electrons. The van der Waals surface area contributed by atoms with Crippen molar-refractivity contribution in [1.82, 2.24) is 0 Å². The van der Waals surface area contributed by atoms with E-state index < -0.39 is 12.5 Å². The van der Waals surface area contributed by atoms with Crippen molar-refractivity contribution in [2.45, 2.75) is 12.5 Å². The van der Waals surface area contributed by atoms with Crippen LogP contribution in [-0.2, 0) is 0 Å². The third-order valence-electron chi connectivity index (χ3n) is 1.54. The molecule has 1 aromatic rings. The van der Waals surface area contributed by atoms with Crippen molar-refractivity contribution >= 4 is 31.9 Å². The molecule has 0 amide bonds. The van der Waals surface area contributed by atoms with Crippen LogP contribution in [0, 0.1) is 0 Å². The van der Waals surface area contributed by atoms with Gasteiger partial charge in [-0.2, -0.15) is 0 Å². The quantitative estimate of drug-likeness (QED) is 0.888. The van der Waals surface area contributed by atoms with E-state index in [9.17, 15) is 8.78 Å². The third kappa shape index (κ3) is 3.00. The molecule has 2 N–H and O–H groups in total. The van der Waals surface area contributed by atoms with Gasteiger partial charge in [-0.05, 0) is 23.8 Å². The lowest BCUT2D eigenvalue weighted by molar-refractivity contribution is 0.116. The number of halogens is 4. The van der Waals surface area contributed by atoms with Crippen LogP contribution in [0.1, 0.15) is 11.6 Å². The average molecular weight is 315 g/mol. The lowest BCUT2D eigenvalue weighted by Gasteiger charge is -2.11. The normalized spacial score (nSPS) is 13.4. The first kappa shape index (κ1) is 11.1. The first-order valence-electron chi connectivity index (χ1n) is 3.50. The summed E-state index contributed by atoms with van der Waals surface area (Å²) >= 11 is 6.40. The van der Waals surface area contributed by atoms with Gasteiger partial charge in [0.1, 0.15) is 0 Å². The van der Waals surface area contributed by atoms with Crippen LogP contribution < -0.4 is 5.73 Å². The summed E-state index contributed by atoms with van der Waals surface area (Å²) in [6.07, 6.45) is -2.54. The van der Waals surface area contributed by atoms with Crippen LogP contribution in [0.5, 0.6) is 0 Å². The van der Waals surface area contributed by atoms with Gasteiger partial charge in [-0.3, -0.25) is 0 Å². The smallest absolute Gasteiger partial charge is 0.257 e. The molecule has 0 aliphatic rings. The van der Waals surface area contributed by atoms with Crippen molar-refractivity contribution in [2.75, 3.05) is 0 Å². The minimum atomic E-state index is -2.54. The molecule has 1 rings (SSSR count). The van der Waals surface area contributed by atoms with Crippen molar-refractivity contribution in [3.05, 3.63) is 32.7 Å². The molecule has 0 spiro atoms. The van der Waals surface area contributed by atoms with Gasteiger partial charge in [-0.1, -0.05) is 31.9 Å². The number of hydrogen-bond donors (Lipinski definition) is 1. The fourth-order valence-electron chi connectivity index (χ4n) is 0.913. The van der Waals surface area contributed by atoms with E-state index in [2.05, 4.69) is 31.9 Å². The Hall–Kier alpha value is -0.000000000000000111. The van der Waals surface area contributed by atoms with E-state index in [4.69, 9.17) is 5.73 Å². The van der Waals surface area contributed by atoms with E-state index in [0.717, 1.165) is 8.95 Å². The fourth-order valence-corrected chi connectivity index (χ4v) is 2.24. The van der Waals surface area contributed by atoms with Gasteiger partial charge in [0.15, 0.2) is 0 Å². The Kier molecular flexibility index (Phi) is 3.82. The van der Waals surface area contributed by atoms with Gasteiger partial charge in [0.05, 0.1) is 6.04 Å². The summed E-state index contributed by atoms with van der Waals surface area (Å²) in [6, 6.07) is 3.71. The standard InChI is InChI=1S/C8H7Br2F2N/c9-5-1-4(2-6(10)3-5)7(13)8(11)12/h1-3,7-8H,13H2/t7-/m1/s1. The van der Waals surface area contributed by atoms with Crippen LogP contribution in [0.3, 0.4) is 0 Å². The molecule has 5 heteroatoms. The highest BCUT2D eigenvalue weighted by Gasteiger charge is 2.17. The highest BCUT2D eigenvalue weighted by Crippen LogP contribution is 2.25. The Morgan fingerprint density at radius 2 is 1.54 bits per heavy atom. The van der Waals surface area contributed by atoms with E-state index in [-0.39, 0.29) is 0 Å². The van der Waals surface area contributed by atoms with Gasteiger partial charge in [-0.25, -0.2) is 8.78 Å². The molecule has 0 saturated carbocycles. The van der Waals surface area contributed by atoms with Crippen LogP contribution in [0.4, 0.5) is 8.78 Å². The predicted molar refractivity (Wildman–Crippen MR) is 54.8 cm³/mol. The summed E-state index contributed by atoms with van der Waals surface area (Å²) in [5.41, 5.74) is 5.70. The second-order valence-corrected chi connectivity index (χ2v) is 4.39. The van der Waals surface area contributed by atoms with E-state index >= 15 is 0 Å². The molecular formula is C8H7Br2F2N. The molecule has 0 aliphatic heterocycles. The van der Waals surface area contributed by atoms with Gasteiger partial charge >= 0.3 is 0 Å². The Balaban J connectivity index is 3.01. The van der Waals surface area contributed by atoms with Crippen LogP contribution in [0.2, 0.25) is 0 Å². The van der Waals surface area contributed by atoms with Gasteiger partial charge in [0.2, 0.25) is 0 Å². The van der Waals surface area contributed by atoms with Crippen molar-refractivity contribution in [1.29, 1.82) is 0 Å². The van der Waals surface area contributed by atoms with Crippen molar-refractivity contribution < 1.29 is 8.78 Å².